The van der Waals surface area contributed by atoms with Gasteiger partial charge in [-0.1, -0.05) is 80.0 Å². The molecule has 14 nitrogen and oxygen atoms in total. The minimum absolute atomic E-state index is 0.0550. The molecule has 1 saturated heterocycles. The molecule has 2 aliphatic heterocycles. The number of hydrogen-bond acceptors (Lipinski definition) is 10. The molecule has 0 radical (unpaired) electrons. The number of carbonyl (C=O) groups is 4. The molecule has 298 valence electrons. The van der Waals surface area contributed by atoms with Crippen LogP contribution in [0.3, 0.4) is 0 Å². The first-order valence-electron chi connectivity index (χ1n) is 18.6. The van der Waals surface area contributed by atoms with Gasteiger partial charge in [0.1, 0.15) is 24.0 Å². The van der Waals surface area contributed by atoms with Crippen molar-refractivity contribution in [3.05, 3.63) is 87.3 Å². The van der Waals surface area contributed by atoms with Gasteiger partial charge < -0.3 is 34.3 Å². The monoisotopic (exact) mass is 781 g/mol. The van der Waals surface area contributed by atoms with E-state index in [2.05, 4.69) is 20.7 Å². The molecule has 15 heteroatoms. The molecular weight excluding hydrogens is 730 g/mol. The average molecular weight is 782 g/mol. The van der Waals surface area contributed by atoms with Gasteiger partial charge >= 0.3 is 11.9 Å². The first-order valence-corrected chi connectivity index (χ1v) is 19.0. The number of cyclic esters (lactones) is 2. The molecule has 2 aliphatic rings. The minimum Gasteiger partial charge on any atom is -0.495 e. The summed E-state index contributed by atoms with van der Waals surface area (Å²) in [6.07, 6.45) is 0.586. The van der Waals surface area contributed by atoms with Crippen molar-refractivity contribution in [3.63, 3.8) is 0 Å². The second-order valence-electron chi connectivity index (χ2n) is 14.7. The molecule has 2 heterocycles. The third-order valence-electron chi connectivity index (χ3n) is 9.49. The molecule has 2 N–H and O–H groups in total. The Hall–Kier alpha value is -4.62. The Morgan fingerprint density at radius 3 is 2.45 bits per heavy atom. The summed E-state index contributed by atoms with van der Waals surface area (Å²) < 4.78 is 30.1. The highest BCUT2D eigenvalue weighted by molar-refractivity contribution is 6.32. The summed E-state index contributed by atoms with van der Waals surface area (Å²) in [6.45, 7) is 9.26. The number of esters is 2. The van der Waals surface area contributed by atoms with E-state index in [0.29, 0.717) is 22.8 Å². The normalized spacial score (nSPS) is 26.2. The number of carbonyl (C=O) groups excluding carboxylic acids is 4. The Morgan fingerprint density at radius 1 is 1.04 bits per heavy atom. The van der Waals surface area contributed by atoms with Crippen LogP contribution in [0.15, 0.2) is 65.8 Å². The fourth-order valence-corrected chi connectivity index (χ4v) is 6.93. The predicted molar refractivity (Wildman–Crippen MR) is 205 cm³/mol. The van der Waals surface area contributed by atoms with Crippen LogP contribution in [0, 0.1) is 17.8 Å². The lowest BCUT2D eigenvalue weighted by Gasteiger charge is -2.31. The highest BCUT2D eigenvalue weighted by Crippen LogP contribution is 2.43. The van der Waals surface area contributed by atoms with Gasteiger partial charge in [-0.2, -0.15) is 0 Å². The first-order chi connectivity index (χ1) is 26.2. The van der Waals surface area contributed by atoms with E-state index in [9.17, 15) is 19.2 Å². The van der Waals surface area contributed by atoms with Gasteiger partial charge in [-0.3, -0.25) is 14.4 Å². The zero-order valence-corrected chi connectivity index (χ0v) is 33.0. The highest BCUT2D eigenvalue weighted by atomic mass is 35.5. The van der Waals surface area contributed by atoms with Crippen LogP contribution in [0.25, 0.3) is 10.4 Å². The van der Waals surface area contributed by atoms with Crippen LogP contribution >= 0.6 is 11.6 Å². The molecule has 4 rings (SSSR count). The molecule has 0 bridgehead atoms. The number of nitrogens with zero attached hydrogens (tertiary/aromatic N) is 3. The Kier molecular flexibility index (Phi) is 15.9. The summed E-state index contributed by atoms with van der Waals surface area (Å²) in [7, 11) is 1.49. The number of hydrogen-bond donors (Lipinski definition) is 2. The molecular formula is C40H52ClN5O9. The van der Waals surface area contributed by atoms with Gasteiger partial charge in [-0.25, -0.2) is 4.79 Å². The molecule has 2 aromatic rings. The SMILES string of the molecule is COc1ccc(C[C@H]2NC(=O)/C=C/C[C@@H]([C@H](C)[C@H]3OC(C)(C)O[C@@H]3c3ccccc3)OC(=O)[C@H](CC(C)C)OC(=O)[C@@H](CCCN=[N+]=[N-])CNC2=O)cc1Cl. The molecule has 7 atom stereocenters. The van der Waals surface area contributed by atoms with Crippen LogP contribution in [0.4, 0.5) is 0 Å². The zero-order valence-electron chi connectivity index (χ0n) is 32.2. The maximum atomic E-state index is 14.0. The number of ether oxygens (including phenoxy) is 5. The number of nitrogens with one attached hydrogen (secondary N) is 2. The maximum Gasteiger partial charge on any atom is 0.347 e. The molecule has 2 aromatic carbocycles. The lowest BCUT2D eigenvalue weighted by atomic mass is 9.89. The van der Waals surface area contributed by atoms with Crippen LogP contribution in [0.5, 0.6) is 5.75 Å². The number of benzene rings is 2. The number of halogens is 1. The van der Waals surface area contributed by atoms with E-state index in [-0.39, 0.29) is 44.7 Å². The number of methoxy groups -OCH3 is 1. The summed E-state index contributed by atoms with van der Waals surface area (Å²) >= 11 is 6.37. The van der Waals surface area contributed by atoms with Crippen molar-refractivity contribution in [2.45, 2.75) is 103 Å². The summed E-state index contributed by atoms with van der Waals surface area (Å²) in [5.41, 5.74) is 10.3. The Morgan fingerprint density at radius 2 is 1.78 bits per heavy atom. The van der Waals surface area contributed by atoms with Crippen molar-refractivity contribution in [1.82, 2.24) is 10.6 Å². The fraction of sp³-hybridized carbons (Fsp3) is 0.550. The van der Waals surface area contributed by atoms with Gasteiger partial charge in [0.15, 0.2) is 11.9 Å². The molecule has 0 unspecified atom stereocenters. The van der Waals surface area contributed by atoms with Crippen molar-refractivity contribution in [1.29, 1.82) is 0 Å². The van der Waals surface area contributed by atoms with E-state index in [1.807, 2.05) is 65.0 Å². The van der Waals surface area contributed by atoms with E-state index in [4.69, 9.17) is 40.8 Å². The molecule has 55 heavy (non-hydrogen) atoms. The molecule has 0 aromatic heterocycles. The summed E-state index contributed by atoms with van der Waals surface area (Å²) in [4.78, 5) is 57.7. The van der Waals surface area contributed by atoms with Crippen molar-refractivity contribution >= 4 is 35.4 Å². The Bertz CT molecular complexity index is 1720. The molecule has 0 spiro atoms. The minimum atomic E-state index is -1.26. The van der Waals surface area contributed by atoms with E-state index >= 15 is 0 Å². The molecule has 2 amide bonds. The second kappa shape index (κ2) is 20.3. The Labute approximate surface area is 327 Å². The summed E-state index contributed by atoms with van der Waals surface area (Å²) in [5.74, 6) is -4.49. The van der Waals surface area contributed by atoms with Crippen LogP contribution in [0.1, 0.15) is 77.5 Å². The van der Waals surface area contributed by atoms with Crippen LogP contribution < -0.4 is 15.4 Å². The van der Waals surface area contributed by atoms with Gasteiger partial charge in [-0.15, -0.1) is 0 Å². The van der Waals surface area contributed by atoms with Crippen molar-refractivity contribution in [3.8, 4) is 5.75 Å². The standard InChI is InChI=1S/C40H52ClN5O9/c1-24(2)20-33-39(50)52-31(25(3)35-36(55-40(4,5)54-35)27-12-8-7-9-13-27)15-10-16-34(47)45-30(22-26-17-18-32(51-6)29(41)21-26)37(48)43-23-28(38(49)53-33)14-11-19-44-46-42/h7-10,12-13,16-18,21,24-25,28,30-31,33,35-36H,11,14-15,19-20,22-23H2,1-6H3,(H,43,48)(H,45,47)/b16-10+/t25-,28-,30+,31-,33-,35+,36+/m0/s1. The first kappa shape index (κ1) is 43.1. The third-order valence-corrected chi connectivity index (χ3v) is 9.79. The largest absolute Gasteiger partial charge is 0.495 e. The molecule has 0 saturated carbocycles. The molecule has 0 aliphatic carbocycles. The average Bonchev–Trinajstić information content (AvgIpc) is 3.48. The third kappa shape index (κ3) is 12.7. The Balaban J connectivity index is 1.70. The lowest BCUT2D eigenvalue weighted by molar-refractivity contribution is -0.180. The predicted octanol–water partition coefficient (Wildman–Crippen LogP) is 6.56. The van der Waals surface area contributed by atoms with Gasteiger partial charge in [0.25, 0.3) is 0 Å². The maximum absolute atomic E-state index is 14.0. The molecule has 1 fully saturated rings. The van der Waals surface area contributed by atoms with Crippen LogP contribution in [0.2, 0.25) is 5.02 Å². The van der Waals surface area contributed by atoms with Crippen molar-refractivity contribution in [2.75, 3.05) is 20.2 Å². The van der Waals surface area contributed by atoms with Crippen molar-refractivity contribution < 1.29 is 42.9 Å². The smallest absolute Gasteiger partial charge is 0.347 e. The van der Waals surface area contributed by atoms with Gasteiger partial charge in [0.05, 0.1) is 24.2 Å². The summed E-state index contributed by atoms with van der Waals surface area (Å²) in [5, 5.41) is 9.44. The van der Waals surface area contributed by atoms with Gasteiger partial charge in [0.2, 0.25) is 11.8 Å². The van der Waals surface area contributed by atoms with E-state index in [1.54, 1.807) is 24.3 Å². The van der Waals surface area contributed by atoms with Gasteiger partial charge in [-0.05, 0) is 73.9 Å². The fourth-order valence-electron chi connectivity index (χ4n) is 6.65. The number of azide groups is 1. The second-order valence-corrected chi connectivity index (χ2v) is 15.1. The van der Waals surface area contributed by atoms with E-state index in [1.165, 1.54) is 13.2 Å². The lowest BCUT2D eigenvalue weighted by Crippen LogP contribution is -2.49. The van der Waals surface area contributed by atoms with Crippen molar-refractivity contribution in [2.24, 2.45) is 22.9 Å². The van der Waals surface area contributed by atoms with E-state index in [0.717, 1.165) is 5.56 Å². The topological polar surface area (TPSA) is 187 Å². The highest BCUT2D eigenvalue weighted by Gasteiger charge is 2.47. The quantitative estimate of drug-likeness (QED) is 0.0791. The number of rotatable bonds is 12. The summed E-state index contributed by atoms with van der Waals surface area (Å²) in [6, 6.07) is 13.6. The zero-order chi connectivity index (χ0) is 40.1. The van der Waals surface area contributed by atoms with Gasteiger partial charge in [0, 0.05) is 36.8 Å². The van der Waals surface area contributed by atoms with E-state index < -0.39 is 71.8 Å². The van der Waals surface area contributed by atoms with Crippen LogP contribution in [-0.2, 0) is 44.5 Å². The van der Waals surface area contributed by atoms with Crippen LogP contribution in [-0.4, -0.2) is 74.1 Å². The number of amides is 2.